The number of anilines is 2. The summed E-state index contributed by atoms with van der Waals surface area (Å²) in [6, 6.07) is 13.6. The van der Waals surface area contributed by atoms with E-state index in [9.17, 15) is 14.7 Å². The van der Waals surface area contributed by atoms with Crippen molar-refractivity contribution in [1.82, 2.24) is 15.3 Å². The van der Waals surface area contributed by atoms with Gasteiger partial charge in [-0.1, -0.05) is 57.2 Å². The third-order valence-corrected chi connectivity index (χ3v) is 7.27. The lowest BCUT2D eigenvalue weighted by molar-refractivity contribution is -0.123. The molecule has 0 aliphatic carbocycles. The summed E-state index contributed by atoms with van der Waals surface area (Å²) in [5.74, 6) is -0.857. The van der Waals surface area contributed by atoms with Gasteiger partial charge in [0.1, 0.15) is 11.7 Å². The molecule has 1 aliphatic heterocycles. The zero-order valence-corrected chi connectivity index (χ0v) is 24.2. The van der Waals surface area contributed by atoms with Gasteiger partial charge >= 0.3 is 0 Å². The summed E-state index contributed by atoms with van der Waals surface area (Å²) >= 11 is 0. The number of β-amino-alcohol motifs (C(OH)–C–C–N with tert-alkyl or cyclic N) is 1. The fraction of sp³-hybridized carbons (Fsp3) is 0.312. The van der Waals surface area contributed by atoms with Crippen LogP contribution in [0.25, 0.3) is 0 Å². The highest BCUT2D eigenvalue weighted by atomic mass is 16.3. The average molecular weight is 555 g/mol. The van der Waals surface area contributed by atoms with Crippen LogP contribution in [-0.4, -0.2) is 59.3 Å². The molecule has 1 aliphatic rings. The van der Waals surface area contributed by atoms with Crippen LogP contribution in [0.2, 0.25) is 0 Å². The number of imidazole rings is 1. The summed E-state index contributed by atoms with van der Waals surface area (Å²) in [5.41, 5.74) is 4.10. The Bertz CT molecular complexity index is 1440. The summed E-state index contributed by atoms with van der Waals surface area (Å²) in [5, 5.41) is 14.1. The summed E-state index contributed by atoms with van der Waals surface area (Å²) in [4.78, 5) is 42.4. The Kier molecular flexibility index (Phi) is 8.88. The zero-order valence-electron chi connectivity index (χ0n) is 24.2. The second-order valence-electron chi connectivity index (χ2n) is 11.3. The van der Waals surface area contributed by atoms with Gasteiger partial charge in [0, 0.05) is 36.7 Å². The molecule has 2 heterocycles. The standard InChI is InChI=1S/C32H38N6O3/c1-21(10-9-17-33-5)29(30(40)36-28-24-11-7-8-12-26(24)37(6)19-27(28)39)38(31(41)25-18-34-20-35-25)23-15-13-22(14-16-23)32(2,3)4/h7-18,20,27-29,39H,5,19H2,1-4,6H3,(H,34,35)(H,36,40)/b17-9-,21-10+/t27-,28+,29?/m1/s1. The van der Waals surface area contributed by atoms with E-state index in [1.807, 2.05) is 60.5 Å². The summed E-state index contributed by atoms with van der Waals surface area (Å²) in [6.45, 7) is 11.9. The van der Waals surface area contributed by atoms with Gasteiger partial charge in [-0.05, 0) is 54.5 Å². The number of carbonyl (C=O) groups excluding carboxylic acids is 2. The first-order valence-electron chi connectivity index (χ1n) is 13.5. The van der Waals surface area contributed by atoms with Crippen LogP contribution in [0.5, 0.6) is 0 Å². The van der Waals surface area contributed by atoms with E-state index in [1.54, 1.807) is 19.1 Å². The molecule has 0 saturated heterocycles. The van der Waals surface area contributed by atoms with E-state index in [0.717, 1.165) is 16.8 Å². The minimum Gasteiger partial charge on any atom is -0.389 e. The first kappa shape index (κ1) is 29.5. The van der Waals surface area contributed by atoms with E-state index < -0.39 is 30.0 Å². The zero-order chi connectivity index (χ0) is 29.7. The second kappa shape index (κ2) is 12.3. The molecule has 41 heavy (non-hydrogen) atoms. The van der Waals surface area contributed by atoms with Crippen LogP contribution >= 0.6 is 0 Å². The van der Waals surface area contributed by atoms with E-state index in [4.69, 9.17) is 0 Å². The van der Waals surface area contributed by atoms with Gasteiger partial charge in [0.05, 0.1) is 24.7 Å². The molecular formula is C32H38N6O3. The van der Waals surface area contributed by atoms with Gasteiger partial charge in [0.2, 0.25) is 5.91 Å². The summed E-state index contributed by atoms with van der Waals surface area (Å²) in [6.07, 6.45) is 6.92. The van der Waals surface area contributed by atoms with E-state index in [2.05, 4.69) is 47.8 Å². The number of carbonyl (C=O) groups is 2. The Balaban J connectivity index is 1.82. The van der Waals surface area contributed by atoms with Crippen LogP contribution in [0, 0.1) is 0 Å². The third kappa shape index (κ3) is 6.47. The predicted molar refractivity (Wildman–Crippen MR) is 163 cm³/mol. The fourth-order valence-electron chi connectivity index (χ4n) is 5.08. The number of aliphatic hydroxyl groups is 1. The van der Waals surface area contributed by atoms with Gasteiger partial charge in [-0.3, -0.25) is 19.5 Å². The lowest BCUT2D eigenvalue weighted by atomic mass is 9.87. The maximum absolute atomic E-state index is 14.3. The van der Waals surface area contributed by atoms with Gasteiger partial charge in [-0.25, -0.2) is 4.98 Å². The van der Waals surface area contributed by atoms with Crippen LogP contribution in [0.4, 0.5) is 11.4 Å². The number of hydrogen-bond donors (Lipinski definition) is 3. The summed E-state index contributed by atoms with van der Waals surface area (Å²) < 4.78 is 0. The molecule has 4 rings (SSSR count). The molecule has 9 heteroatoms. The average Bonchev–Trinajstić information content (AvgIpc) is 3.48. The van der Waals surface area contributed by atoms with Crippen molar-refractivity contribution in [2.45, 2.75) is 51.3 Å². The van der Waals surface area contributed by atoms with Gasteiger partial charge in [0.25, 0.3) is 5.91 Å². The van der Waals surface area contributed by atoms with Crippen molar-refractivity contribution in [3.05, 3.63) is 102 Å². The second-order valence-corrected chi connectivity index (χ2v) is 11.3. The Hall–Kier alpha value is -4.50. The number of aliphatic hydroxyl groups excluding tert-OH is 1. The van der Waals surface area contributed by atoms with E-state index >= 15 is 0 Å². The number of allylic oxidation sites excluding steroid dienone is 2. The number of para-hydroxylation sites is 1. The number of aromatic amines is 1. The SMILES string of the molecule is C=N/C=C\C=C(/C)C(C(=O)N[C@H]1c2ccccc2N(C)C[C@H]1O)N(C(=O)c1cnc[nH]1)c1ccc(C(C)(C)C)cc1. The van der Waals surface area contributed by atoms with Crippen LogP contribution < -0.4 is 15.1 Å². The van der Waals surface area contributed by atoms with Crippen molar-refractivity contribution in [3.63, 3.8) is 0 Å². The highest BCUT2D eigenvalue weighted by Gasteiger charge is 2.38. The molecule has 0 bridgehead atoms. The monoisotopic (exact) mass is 554 g/mol. The number of fused-ring (bicyclic) bond motifs is 1. The first-order valence-corrected chi connectivity index (χ1v) is 13.5. The Labute approximate surface area is 241 Å². The third-order valence-electron chi connectivity index (χ3n) is 7.27. The number of likely N-dealkylation sites (N-methyl/N-ethyl adjacent to an activating group) is 1. The van der Waals surface area contributed by atoms with Crippen molar-refractivity contribution in [2.24, 2.45) is 4.99 Å². The van der Waals surface area contributed by atoms with Crippen LogP contribution in [0.3, 0.4) is 0 Å². The fourth-order valence-corrected chi connectivity index (χ4v) is 5.08. The Morgan fingerprint density at radius 3 is 2.56 bits per heavy atom. The molecule has 3 atom stereocenters. The number of hydrogen-bond acceptors (Lipinski definition) is 6. The number of nitrogens with zero attached hydrogens (tertiary/aromatic N) is 4. The molecule has 1 aromatic heterocycles. The number of amides is 2. The lowest BCUT2D eigenvalue weighted by Gasteiger charge is -2.39. The van der Waals surface area contributed by atoms with Crippen molar-refractivity contribution < 1.29 is 14.7 Å². The highest BCUT2D eigenvalue weighted by molar-refractivity contribution is 6.09. The molecule has 3 N–H and O–H groups in total. The van der Waals surface area contributed by atoms with Gasteiger partial charge in [0.15, 0.2) is 0 Å². The smallest absolute Gasteiger partial charge is 0.277 e. The van der Waals surface area contributed by atoms with Crippen LogP contribution in [0.15, 0.2) is 90.0 Å². The molecule has 2 amide bonds. The van der Waals surface area contributed by atoms with Crippen molar-refractivity contribution in [1.29, 1.82) is 0 Å². The number of H-pyrrole nitrogens is 1. The van der Waals surface area contributed by atoms with E-state index in [1.165, 1.54) is 23.6 Å². The molecule has 0 spiro atoms. The van der Waals surface area contributed by atoms with Gasteiger partial charge in [-0.15, -0.1) is 0 Å². The first-order chi connectivity index (χ1) is 19.5. The molecule has 1 unspecified atom stereocenters. The predicted octanol–water partition coefficient (Wildman–Crippen LogP) is 4.55. The quantitative estimate of drug-likeness (QED) is 0.279. The molecule has 2 aromatic carbocycles. The molecule has 3 aromatic rings. The molecule has 214 valence electrons. The Morgan fingerprint density at radius 1 is 1.22 bits per heavy atom. The van der Waals surface area contributed by atoms with E-state index in [0.29, 0.717) is 17.8 Å². The van der Waals surface area contributed by atoms with Crippen molar-refractivity contribution in [3.8, 4) is 0 Å². The number of aromatic nitrogens is 2. The lowest BCUT2D eigenvalue weighted by Crippen LogP contribution is -2.54. The van der Waals surface area contributed by atoms with Crippen molar-refractivity contribution in [2.75, 3.05) is 23.4 Å². The van der Waals surface area contributed by atoms with Crippen LogP contribution in [-0.2, 0) is 10.2 Å². The van der Waals surface area contributed by atoms with E-state index in [-0.39, 0.29) is 11.1 Å². The normalized spacial score (nSPS) is 18.1. The number of rotatable bonds is 8. The highest BCUT2D eigenvalue weighted by Crippen LogP contribution is 2.34. The number of benzene rings is 2. The minimum absolute atomic E-state index is 0.0938. The number of nitrogens with one attached hydrogen (secondary N) is 2. The van der Waals surface area contributed by atoms with Crippen molar-refractivity contribution >= 4 is 29.9 Å². The Morgan fingerprint density at radius 2 is 1.93 bits per heavy atom. The maximum Gasteiger partial charge on any atom is 0.277 e. The molecule has 0 saturated carbocycles. The maximum atomic E-state index is 14.3. The number of aliphatic imine (C=N–C) groups is 1. The molecule has 0 fully saturated rings. The molecule has 9 nitrogen and oxygen atoms in total. The van der Waals surface area contributed by atoms with Crippen LogP contribution in [0.1, 0.15) is 55.4 Å². The molecule has 0 radical (unpaired) electrons. The molecular weight excluding hydrogens is 516 g/mol. The minimum atomic E-state index is -1.06. The van der Waals surface area contributed by atoms with Gasteiger partial charge in [-0.2, -0.15) is 0 Å². The van der Waals surface area contributed by atoms with Gasteiger partial charge < -0.3 is 20.3 Å². The summed E-state index contributed by atoms with van der Waals surface area (Å²) in [7, 11) is 1.90. The topological polar surface area (TPSA) is 114 Å². The largest absolute Gasteiger partial charge is 0.389 e.